The van der Waals surface area contributed by atoms with Gasteiger partial charge in [-0.25, -0.2) is 4.79 Å². The molecule has 4 nitrogen and oxygen atoms in total. The topological polar surface area (TPSA) is 58.6 Å². The van der Waals surface area contributed by atoms with E-state index in [4.69, 9.17) is 4.74 Å². The fraction of sp³-hybridized carbons (Fsp3) is 0.316. The Morgan fingerprint density at radius 3 is 2.00 bits per heavy atom. The molecule has 2 aromatic rings. The molecule has 2 atom stereocenters. The Labute approximate surface area is 162 Å². The van der Waals surface area contributed by atoms with Crippen molar-refractivity contribution in [3.8, 4) is 0 Å². The lowest BCUT2D eigenvalue weighted by Gasteiger charge is -2.22. The van der Waals surface area contributed by atoms with Gasteiger partial charge in [0.25, 0.3) is 0 Å². The second-order valence-corrected chi connectivity index (χ2v) is 6.28. The summed E-state index contributed by atoms with van der Waals surface area (Å²) < 4.78 is 82.5. The van der Waals surface area contributed by atoms with Crippen LogP contribution in [0.3, 0.4) is 0 Å². The molecule has 0 bridgehead atoms. The summed E-state index contributed by atoms with van der Waals surface area (Å²) >= 11 is 0. The molecular formula is C19H17F6NO3. The Hall–Kier alpha value is -2.75. The molecule has 1 amide bonds. The molecular weight excluding hydrogens is 404 g/mol. The monoisotopic (exact) mass is 421 g/mol. The van der Waals surface area contributed by atoms with E-state index in [1.54, 1.807) is 30.3 Å². The number of aliphatic hydroxyl groups excluding tert-OH is 1. The Morgan fingerprint density at radius 2 is 1.52 bits per heavy atom. The predicted octanol–water partition coefficient (Wildman–Crippen LogP) is 5.07. The first-order valence-electron chi connectivity index (χ1n) is 8.32. The minimum absolute atomic E-state index is 0.0392. The van der Waals surface area contributed by atoms with Gasteiger partial charge in [0.1, 0.15) is 6.61 Å². The maximum Gasteiger partial charge on any atom is 0.416 e. The Kier molecular flexibility index (Phi) is 6.78. The molecule has 2 N–H and O–H groups in total. The smallest absolute Gasteiger partial charge is 0.416 e. The number of amides is 1. The molecule has 0 aliphatic rings. The van der Waals surface area contributed by atoms with Crippen LogP contribution in [0, 0.1) is 0 Å². The minimum Gasteiger partial charge on any atom is -0.445 e. The van der Waals surface area contributed by atoms with Gasteiger partial charge in [-0.2, -0.15) is 26.3 Å². The van der Waals surface area contributed by atoms with Crippen molar-refractivity contribution >= 4 is 6.09 Å². The number of carbonyl (C=O) groups is 1. The average molecular weight is 421 g/mol. The highest BCUT2D eigenvalue weighted by atomic mass is 19.4. The Morgan fingerprint density at radius 1 is 1.00 bits per heavy atom. The van der Waals surface area contributed by atoms with Gasteiger partial charge in [-0.15, -0.1) is 0 Å². The number of rotatable bonds is 5. The summed E-state index contributed by atoms with van der Waals surface area (Å²) in [5.41, 5.74) is -3.08. The van der Waals surface area contributed by atoms with Gasteiger partial charge in [-0.3, -0.25) is 0 Å². The Balaban J connectivity index is 2.13. The van der Waals surface area contributed by atoms with Gasteiger partial charge in [0, 0.05) is 0 Å². The fourth-order valence-corrected chi connectivity index (χ4v) is 2.47. The van der Waals surface area contributed by atoms with E-state index >= 15 is 0 Å². The lowest BCUT2D eigenvalue weighted by atomic mass is 9.97. The third kappa shape index (κ3) is 6.38. The van der Waals surface area contributed by atoms with E-state index in [0.29, 0.717) is 17.7 Å². The van der Waals surface area contributed by atoms with E-state index in [9.17, 15) is 36.2 Å². The van der Waals surface area contributed by atoms with Crippen LogP contribution < -0.4 is 5.32 Å². The van der Waals surface area contributed by atoms with Gasteiger partial charge in [0.05, 0.1) is 23.3 Å². The summed E-state index contributed by atoms with van der Waals surface area (Å²) in [6.07, 6.45) is -12.9. The molecule has 0 saturated carbocycles. The zero-order chi connectivity index (χ0) is 21.8. The highest BCUT2D eigenvalue weighted by molar-refractivity contribution is 5.67. The zero-order valence-electron chi connectivity index (χ0n) is 15.0. The van der Waals surface area contributed by atoms with Crippen LogP contribution in [-0.2, 0) is 23.7 Å². The van der Waals surface area contributed by atoms with E-state index in [2.05, 4.69) is 5.32 Å². The first kappa shape index (κ1) is 22.5. The lowest BCUT2D eigenvalue weighted by molar-refractivity contribution is -0.143. The molecule has 29 heavy (non-hydrogen) atoms. The second-order valence-electron chi connectivity index (χ2n) is 6.28. The molecule has 10 heteroatoms. The number of ether oxygens (including phenoxy) is 1. The van der Waals surface area contributed by atoms with Crippen LogP contribution >= 0.6 is 0 Å². The molecule has 0 saturated heterocycles. The quantitative estimate of drug-likeness (QED) is 0.663. The number of hydrogen-bond donors (Lipinski definition) is 2. The summed E-state index contributed by atoms with van der Waals surface area (Å²) in [6, 6.07) is 8.13. The number of nitrogens with one attached hydrogen (secondary N) is 1. The largest absolute Gasteiger partial charge is 0.445 e. The van der Waals surface area contributed by atoms with E-state index in [-0.39, 0.29) is 12.7 Å². The van der Waals surface area contributed by atoms with Gasteiger partial charge < -0.3 is 15.2 Å². The van der Waals surface area contributed by atoms with E-state index in [1.165, 1.54) is 6.92 Å². The minimum atomic E-state index is -5.04. The van der Waals surface area contributed by atoms with Gasteiger partial charge in [0.15, 0.2) is 0 Å². The van der Waals surface area contributed by atoms with Crippen molar-refractivity contribution in [2.45, 2.75) is 38.0 Å². The van der Waals surface area contributed by atoms with Crippen molar-refractivity contribution in [3.05, 3.63) is 70.8 Å². The van der Waals surface area contributed by atoms with Gasteiger partial charge in [-0.1, -0.05) is 30.3 Å². The van der Waals surface area contributed by atoms with Crippen LogP contribution in [0.5, 0.6) is 0 Å². The SMILES string of the molecule is CC(NC(=O)OCc1ccccc1)[C@@H](O)c1cc(C(F)(F)F)cc(C(F)(F)F)c1. The number of benzene rings is 2. The molecule has 0 fully saturated rings. The van der Waals surface area contributed by atoms with Crippen molar-refractivity contribution in [1.82, 2.24) is 5.32 Å². The van der Waals surface area contributed by atoms with Crippen molar-refractivity contribution in [3.63, 3.8) is 0 Å². The van der Waals surface area contributed by atoms with Crippen molar-refractivity contribution < 1.29 is 41.0 Å². The summed E-state index contributed by atoms with van der Waals surface area (Å²) in [5.74, 6) is 0. The number of alkyl carbamates (subject to hydrolysis) is 1. The summed E-state index contributed by atoms with van der Waals surface area (Å²) in [5, 5.41) is 12.4. The average Bonchev–Trinajstić information content (AvgIpc) is 2.64. The second kappa shape index (κ2) is 8.73. The van der Waals surface area contributed by atoms with Crippen LogP contribution in [0.1, 0.15) is 35.3 Å². The van der Waals surface area contributed by atoms with E-state index in [0.717, 1.165) is 0 Å². The number of aliphatic hydroxyl groups is 1. The van der Waals surface area contributed by atoms with Crippen LogP contribution in [0.2, 0.25) is 0 Å². The van der Waals surface area contributed by atoms with Crippen LogP contribution in [0.4, 0.5) is 31.1 Å². The fourth-order valence-electron chi connectivity index (χ4n) is 2.47. The molecule has 2 aromatic carbocycles. The first-order chi connectivity index (χ1) is 13.4. The lowest BCUT2D eigenvalue weighted by Crippen LogP contribution is -2.37. The summed E-state index contributed by atoms with van der Waals surface area (Å²) in [7, 11) is 0. The molecule has 0 heterocycles. The van der Waals surface area contributed by atoms with Gasteiger partial charge in [0.2, 0.25) is 0 Å². The molecule has 158 valence electrons. The molecule has 0 aromatic heterocycles. The van der Waals surface area contributed by atoms with E-state index in [1.807, 2.05) is 0 Å². The number of carbonyl (C=O) groups excluding carboxylic acids is 1. The normalized spacial score (nSPS) is 14.2. The molecule has 0 radical (unpaired) electrons. The highest BCUT2D eigenvalue weighted by Crippen LogP contribution is 2.37. The standard InChI is InChI=1S/C19H17F6NO3/c1-11(26-17(28)29-10-12-5-3-2-4-6-12)16(27)13-7-14(18(20,21)22)9-15(8-13)19(23,24)25/h2-9,11,16,27H,10H2,1H3,(H,26,28)/t11?,16-/m1/s1. The van der Waals surface area contributed by atoms with Gasteiger partial charge in [-0.05, 0) is 36.2 Å². The molecule has 1 unspecified atom stereocenters. The molecule has 2 rings (SSSR count). The molecule has 0 spiro atoms. The van der Waals surface area contributed by atoms with Gasteiger partial charge >= 0.3 is 18.4 Å². The molecule has 0 aliphatic heterocycles. The number of halogens is 6. The maximum absolute atomic E-state index is 12.9. The third-order valence-corrected chi connectivity index (χ3v) is 3.98. The number of hydrogen-bond acceptors (Lipinski definition) is 3. The van der Waals surface area contributed by atoms with Crippen molar-refractivity contribution in [1.29, 1.82) is 0 Å². The maximum atomic E-state index is 12.9. The third-order valence-electron chi connectivity index (χ3n) is 3.98. The number of alkyl halides is 6. The highest BCUT2D eigenvalue weighted by Gasteiger charge is 2.38. The summed E-state index contributed by atoms with van der Waals surface area (Å²) in [6.45, 7) is 1.12. The van der Waals surface area contributed by atoms with Crippen LogP contribution in [-0.4, -0.2) is 17.2 Å². The first-order valence-corrected chi connectivity index (χ1v) is 8.32. The Bertz CT molecular complexity index is 804. The molecule has 0 aliphatic carbocycles. The van der Waals surface area contributed by atoms with Crippen LogP contribution in [0.25, 0.3) is 0 Å². The predicted molar refractivity (Wildman–Crippen MR) is 90.6 cm³/mol. The van der Waals surface area contributed by atoms with Crippen LogP contribution in [0.15, 0.2) is 48.5 Å². The zero-order valence-corrected chi connectivity index (χ0v) is 15.0. The van der Waals surface area contributed by atoms with Crippen molar-refractivity contribution in [2.75, 3.05) is 0 Å². The van der Waals surface area contributed by atoms with E-state index < -0.39 is 47.3 Å². The summed E-state index contributed by atoms with van der Waals surface area (Å²) in [4.78, 5) is 11.8. The van der Waals surface area contributed by atoms with Crippen molar-refractivity contribution in [2.24, 2.45) is 0 Å².